The minimum absolute atomic E-state index is 0.105. The van der Waals surface area contributed by atoms with Crippen LogP contribution in [0, 0.1) is 0 Å². The van der Waals surface area contributed by atoms with Crippen molar-refractivity contribution in [3.63, 3.8) is 0 Å². The SMILES string of the molecule is COCCOc1cccc(C=C2SC(=O)NC2=O)c1N1CCC[C@@H](NC(=O)OC(C)(C)C)C1. The van der Waals surface area contributed by atoms with Crippen molar-refractivity contribution in [2.24, 2.45) is 0 Å². The molecule has 2 N–H and O–H groups in total. The molecule has 1 aromatic carbocycles. The van der Waals surface area contributed by atoms with Crippen molar-refractivity contribution in [1.82, 2.24) is 10.6 Å². The second-order valence-electron chi connectivity index (χ2n) is 8.82. The van der Waals surface area contributed by atoms with Crippen molar-refractivity contribution in [2.75, 3.05) is 38.3 Å². The van der Waals surface area contributed by atoms with Crippen LogP contribution in [0.5, 0.6) is 5.75 Å². The van der Waals surface area contributed by atoms with Gasteiger partial charge >= 0.3 is 6.09 Å². The fourth-order valence-electron chi connectivity index (χ4n) is 3.68. The zero-order chi connectivity index (χ0) is 24.0. The molecule has 0 unspecified atom stereocenters. The Kier molecular flexibility index (Phi) is 8.25. The largest absolute Gasteiger partial charge is 0.489 e. The van der Waals surface area contributed by atoms with Crippen LogP contribution in [-0.2, 0) is 14.3 Å². The van der Waals surface area contributed by atoms with Gasteiger partial charge in [0.15, 0.2) is 0 Å². The van der Waals surface area contributed by atoms with Crippen LogP contribution < -0.4 is 20.3 Å². The lowest BCUT2D eigenvalue weighted by atomic mass is 10.0. The number of carbonyl (C=O) groups is 3. The molecular formula is C23H31N3O6S. The number of thioether (sulfide) groups is 1. The van der Waals surface area contributed by atoms with E-state index in [0.29, 0.717) is 30.4 Å². The second-order valence-corrected chi connectivity index (χ2v) is 9.83. The molecular weight excluding hydrogens is 446 g/mol. The maximum Gasteiger partial charge on any atom is 0.407 e. The number of ether oxygens (including phenoxy) is 3. The molecule has 33 heavy (non-hydrogen) atoms. The van der Waals surface area contributed by atoms with E-state index in [1.807, 2.05) is 39.0 Å². The summed E-state index contributed by atoms with van der Waals surface area (Å²) in [6, 6.07) is 5.49. The van der Waals surface area contributed by atoms with Crippen LogP contribution in [0.4, 0.5) is 15.3 Å². The van der Waals surface area contributed by atoms with Crippen molar-refractivity contribution in [2.45, 2.75) is 45.3 Å². The molecule has 0 bridgehead atoms. The fraction of sp³-hybridized carbons (Fsp3) is 0.522. The molecule has 0 spiro atoms. The highest BCUT2D eigenvalue weighted by Gasteiger charge is 2.29. The molecule has 2 saturated heterocycles. The van der Waals surface area contributed by atoms with Gasteiger partial charge in [-0.2, -0.15) is 0 Å². The number of alkyl carbamates (subject to hydrolysis) is 1. The summed E-state index contributed by atoms with van der Waals surface area (Å²) in [5.41, 5.74) is 0.996. The summed E-state index contributed by atoms with van der Waals surface area (Å²) in [7, 11) is 1.61. The monoisotopic (exact) mass is 477 g/mol. The Morgan fingerprint density at radius 1 is 1.30 bits per heavy atom. The van der Waals surface area contributed by atoms with Crippen LogP contribution in [-0.4, -0.2) is 62.3 Å². The minimum atomic E-state index is -0.573. The molecule has 2 heterocycles. The van der Waals surface area contributed by atoms with Gasteiger partial charge in [0.2, 0.25) is 0 Å². The van der Waals surface area contributed by atoms with Gasteiger partial charge in [-0.1, -0.05) is 12.1 Å². The van der Waals surface area contributed by atoms with E-state index in [2.05, 4.69) is 15.5 Å². The first kappa shape index (κ1) is 24.9. The number of hydrogen-bond acceptors (Lipinski definition) is 8. The topological polar surface area (TPSA) is 106 Å². The maximum atomic E-state index is 12.3. The number of imide groups is 1. The molecule has 10 heteroatoms. The smallest absolute Gasteiger partial charge is 0.407 e. The Labute approximate surface area is 198 Å². The molecule has 3 amide bonds. The van der Waals surface area contributed by atoms with E-state index in [1.165, 1.54) is 0 Å². The highest BCUT2D eigenvalue weighted by molar-refractivity contribution is 8.18. The van der Waals surface area contributed by atoms with E-state index < -0.39 is 17.6 Å². The molecule has 180 valence electrons. The second kappa shape index (κ2) is 10.9. The number of rotatable bonds is 7. The third-order valence-electron chi connectivity index (χ3n) is 4.96. The first-order valence-electron chi connectivity index (χ1n) is 10.9. The Hall–Kier alpha value is -2.72. The average Bonchev–Trinajstić information content (AvgIpc) is 3.03. The number of nitrogens with zero attached hydrogens (tertiary/aromatic N) is 1. The van der Waals surface area contributed by atoms with Crippen molar-refractivity contribution < 1.29 is 28.6 Å². The number of para-hydroxylation sites is 1. The summed E-state index contributed by atoms with van der Waals surface area (Å²) in [4.78, 5) is 38.5. The lowest BCUT2D eigenvalue weighted by Crippen LogP contribution is -2.49. The zero-order valence-corrected chi connectivity index (χ0v) is 20.3. The first-order chi connectivity index (χ1) is 15.7. The van der Waals surface area contributed by atoms with Crippen molar-refractivity contribution in [1.29, 1.82) is 0 Å². The van der Waals surface area contributed by atoms with Gasteiger partial charge in [0.05, 0.1) is 17.2 Å². The molecule has 9 nitrogen and oxygen atoms in total. The van der Waals surface area contributed by atoms with Gasteiger partial charge in [-0.25, -0.2) is 4.79 Å². The van der Waals surface area contributed by atoms with Gasteiger partial charge in [0.25, 0.3) is 11.1 Å². The Morgan fingerprint density at radius 2 is 2.09 bits per heavy atom. The average molecular weight is 478 g/mol. The summed E-state index contributed by atoms with van der Waals surface area (Å²) >= 11 is 0.874. The number of methoxy groups -OCH3 is 1. The zero-order valence-electron chi connectivity index (χ0n) is 19.4. The van der Waals surface area contributed by atoms with Crippen LogP contribution in [0.3, 0.4) is 0 Å². The first-order valence-corrected chi connectivity index (χ1v) is 11.7. The number of benzene rings is 1. The third-order valence-corrected chi connectivity index (χ3v) is 5.77. The predicted octanol–water partition coefficient (Wildman–Crippen LogP) is 3.53. The van der Waals surface area contributed by atoms with E-state index in [9.17, 15) is 14.4 Å². The van der Waals surface area contributed by atoms with Gasteiger partial charge in [-0.3, -0.25) is 14.9 Å². The van der Waals surface area contributed by atoms with E-state index in [4.69, 9.17) is 14.2 Å². The van der Waals surface area contributed by atoms with Crippen molar-refractivity contribution in [3.8, 4) is 5.75 Å². The summed E-state index contributed by atoms with van der Waals surface area (Å²) < 4.78 is 16.5. The van der Waals surface area contributed by atoms with E-state index in [-0.39, 0.29) is 11.3 Å². The van der Waals surface area contributed by atoms with Crippen LogP contribution in [0.15, 0.2) is 23.1 Å². The van der Waals surface area contributed by atoms with Gasteiger partial charge in [-0.05, 0) is 57.5 Å². The van der Waals surface area contributed by atoms with Crippen LogP contribution in [0.25, 0.3) is 6.08 Å². The van der Waals surface area contributed by atoms with Gasteiger partial charge in [0, 0.05) is 31.8 Å². The van der Waals surface area contributed by atoms with E-state index >= 15 is 0 Å². The van der Waals surface area contributed by atoms with Gasteiger partial charge in [-0.15, -0.1) is 0 Å². The Bertz CT molecular complexity index is 927. The Balaban J connectivity index is 1.87. The van der Waals surface area contributed by atoms with Crippen LogP contribution in [0.1, 0.15) is 39.2 Å². The molecule has 1 atom stereocenters. The lowest BCUT2D eigenvalue weighted by Gasteiger charge is -2.36. The molecule has 3 rings (SSSR count). The summed E-state index contributed by atoms with van der Waals surface area (Å²) in [6.07, 6.45) is 2.94. The van der Waals surface area contributed by atoms with Crippen molar-refractivity contribution >= 4 is 40.8 Å². The molecule has 0 aromatic heterocycles. The maximum absolute atomic E-state index is 12.3. The molecule has 0 aliphatic carbocycles. The normalized spacial score (nSPS) is 20.1. The van der Waals surface area contributed by atoms with Crippen LogP contribution >= 0.6 is 11.8 Å². The highest BCUT2D eigenvalue weighted by atomic mass is 32.2. The van der Waals surface area contributed by atoms with E-state index in [0.717, 1.165) is 42.4 Å². The molecule has 2 fully saturated rings. The predicted molar refractivity (Wildman–Crippen MR) is 128 cm³/mol. The number of piperidine rings is 1. The number of anilines is 1. The molecule has 2 aliphatic rings. The van der Waals surface area contributed by atoms with Gasteiger partial charge in [0.1, 0.15) is 18.0 Å². The minimum Gasteiger partial charge on any atom is -0.489 e. The molecule has 0 radical (unpaired) electrons. The standard InChI is InChI=1S/C23H31N3O6S/c1-23(2,3)32-21(28)24-16-8-6-10-26(14-16)19-15(13-18-20(27)25-22(29)33-18)7-5-9-17(19)31-12-11-30-4/h5,7,9,13,16H,6,8,10-12,14H2,1-4H3,(H,24,28)(H,25,27,29)/t16-/m1/s1. The van der Waals surface area contributed by atoms with Crippen LogP contribution in [0.2, 0.25) is 0 Å². The Morgan fingerprint density at radius 3 is 2.76 bits per heavy atom. The number of nitrogens with one attached hydrogen (secondary N) is 2. The number of hydrogen-bond donors (Lipinski definition) is 2. The number of amides is 3. The summed E-state index contributed by atoms with van der Waals surface area (Å²) in [5, 5.41) is 4.86. The summed E-state index contributed by atoms with van der Waals surface area (Å²) in [5.74, 6) is 0.235. The summed E-state index contributed by atoms with van der Waals surface area (Å²) in [6.45, 7) is 7.59. The molecule has 0 saturated carbocycles. The third kappa shape index (κ3) is 7.13. The number of carbonyl (C=O) groups excluding carboxylic acids is 3. The van der Waals surface area contributed by atoms with Crippen molar-refractivity contribution in [3.05, 3.63) is 28.7 Å². The fourth-order valence-corrected chi connectivity index (χ4v) is 4.35. The lowest BCUT2D eigenvalue weighted by molar-refractivity contribution is -0.115. The van der Waals surface area contributed by atoms with E-state index in [1.54, 1.807) is 13.2 Å². The molecule has 1 aromatic rings. The van der Waals surface area contributed by atoms with Gasteiger partial charge < -0.3 is 24.4 Å². The quantitative estimate of drug-likeness (QED) is 0.454. The molecule has 2 aliphatic heterocycles. The highest BCUT2D eigenvalue weighted by Crippen LogP contribution is 2.37.